The lowest BCUT2D eigenvalue weighted by Gasteiger charge is -2.24. The van der Waals surface area contributed by atoms with Crippen molar-refractivity contribution in [2.75, 3.05) is 20.8 Å². The largest absolute Gasteiger partial charge is 0.497 e. The van der Waals surface area contributed by atoms with Crippen LogP contribution in [0.25, 0.3) is 23.0 Å². The number of esters is 1. The second-order valence-corrected chi connectivity index (χ2v) is 11.2. The summed E-state index contributed by atoms with van der Waals surface area (Å²) >= 11 is 1.26. The van der Waals surface area contributed by atoms with Gasteiger partial charge in [0.05, 0.1) is 41.8 Å². The predicted molar refractivity (Wildman–Crippen MR) is 173 cm³/mol. The highest BCUT2D eigenvalue weighted by Gasteiger charge is 2.33. The Balaban J connectivity index is 1.53. The van der Waals surface area contributed by atoms with Gasteiger partial charge < -0.3 is 14.2 Å². The summed E-state index contributed by atoms with van der Waals surface area (Å²) in [6, 6.07) is 23.9. The van der Waals surface area contributed by atoms with Gasteiger partial charge >= 0.3 is 5.97 Å². The Morgan fingerprint density at radius 3 is 2.29 bits per heavy atom. The molecule has 1 aliphatic rings. The minimum Gasteiger partial charge on any atom is -0.497 e. The molecule has 3 heterocycles. The molecule has 0 radical (unpaired) electrons. The molecular formula is C35H30N4O5S. The van der Waals surface area contributed by atoms with Gasteiger partial charge in [-0.25, -0.2) is 14.5 Å². The second-order valence-electron chi connectivity index (χ2n) is 10.2. The summed E-state index contributed by atoms with van der Waals surface area (Å²) in [5.41, 5.74) is 4.40. The topological polar surface area (TPSA) is 96.9 Å². The predicted octanol–water partition coefficient (Wildman–Crippen LogP) is 4.83. The lowest BCUT2D eigenvalue weighted by molar-refractivity contribution is -0.138. The Morgan fingerprint density at radius 2 is 1.64 bits per heavy atom. The van der Waals surface area contributed by atoms with Crippen LogP contribution in [0.1, 0.15) is 24.1 Å². The van der Waals surface area contributed by atoms with Crippen LogP contribution in [0.2, 0.25) is 0 Å². The van der Waals surface area contributed by atoms with Crippen LogP contribution in [-0.2, 0) is 9.53 Å². The maximum absolute atomic E-state index is 14.2. The van der Waals surface area contributed by atoms with E-state index in [-0.39, 0.29) is 17.7 Å². The Hall–Kier alpha value is -5.48. The molecular weight excluding hydrogens is 588 g/mol. The van der Waals surface area contributed by atoms with E-state index in [9.17, 15) is 9.59 Å². The van der Waals surface area contributed by atoms with E-state index >= 15 is 0 Å². The zero-order valence-electron chi connectivity index (χ0n) is 25.0. The Labute approximate surface area is 263 Å². The van der Waals surface area contributed by atoms with Gasteiger partial charge in [0.1, 0.15) is 23.8 Å². The Bertz CT molecular complexity index is 2090. The molecule has 3 aromatic carbocycles. The molecule has 0 amide bonds. The number of aromatic nitrogens is 3. The number of rotatable bonds is 9. The number of thiazole rings is 1. The van der Waals surface area contributed by atoms with E-state index in [0.717, 1.165) is 28.1 Å². The fraction of sp³-hybridized carbons (Fsp3) is 0.143. The van der Waals surface area contributed by atoms with E-state index in [0.29, 0.717) is 26.5 Å². The van der Waals surface area contributed by atoms with Crippen molar-refractivity contribution in [2.45, 2.75) is 13.0 Å². The van der Waals surface area contributed by atoms with E-state index < -0.39 is 12.0 Å². The summed E-state index contributed by atoms with van der Waals surface area (Å²) in [5, 5.41) is 4.90. The molecule has 0 unspecified atom stereocenters. The van der Waals surface area contributed by atoms with Gasteiger partial charge in [-0.1, -0.05) is 54.3 Å². The number of para-hydroxylation sites is 1. The Kier molecular flexibility index (Phi) is 8.30. The number of carbonyl (C=O) groups is 1. The number of methoxy groups -OCH3 is 2. The highest BCUT2D eigenvalue weighted by molar-refractivity contribution is 7.07. The molecule has 0 N–H and O–H groups in total. The number of ether oxygens (including phenoxy) is 3. The fourth-order valence-electron chi connectivity index (χ4n) is 5.22. The van der Waals surface area contributed by atoms with Crippen molar-refractivity contribution in [2.24, 2.45) is 4.99 Å². The molecule has 0 spiro atoms. The molecule has 5 aromatic rings. The van der Waals surface area contributed by atoms with Crippen molar-refractivity contribution in [3.8, 4) is 28.4 Å². The molecule has 0 fully saturated rings. The minimum atomic E-state index is -0.750. The SMILES string of the molecule is C=CCOC(=O)C1=C(C)N=c2s/c(=C/c3cn(-c4ccccc4)nc3-c3ccc(OC)cc3)c(=O)n2[C@H]1c1ccc(OC)cc1. The number of allylic oxidation sites excluding steroid dienone is 1. The van der Waals surface area contributed by atoms with E-state index in [1.54, 1.807) is 42.5 Å². The molecule has 0 bridgehead atoms. The van der Waals surface area contributed by atoms with Crippen LogP contribution in [0, 0.1) is 0 Å². The lowest BCUT2D eigenvalue weighted by atomic mass is 9.96. The monoisotopic (exact) mass is 618 g/mol. The standard InChI is InChI=1S/C35H30N4O5S/c1-5-19-44-34(41)30-22(2)36-35-39(32(30)24-13-17-28(43-4)18-14-24)33(40)29(45-35)20-25-21-38(26-9-7-6-8-10-26)37-31(25)23-11-15-27(42-3)16-12-23/h5-18,20-21,32H,1,19H2,2-4H3/b29-20+/t32-/m0/s1. The molecule has 2 aromatic heterocycles. The summed E-state index contributed by atoms with van der Waals surface area (Å²) in [6.45, 7) is 5.43. The molecule has 0 saturated heterocycles. The highest BCUT2D eigenvalue weighted by atomic mass is 32.1. The normalized spacial score (nSPS) is 14.5. The Morgan fingerprint density at radius 1 is 0.978 bits per heavy atom. The average Bonchev–Trinajstić information content (AvgIpc) is 3.63. The molecule has 0 saturated carbocycles. The third-order valence-corrected chi connectivity index (χ3v) is 8.40. The number of nitrogens with zero attached hydrogens (tertiary/aromatic N) is 4. The average molecular weight is 619 g/mol. The zero-order chi connectivity index (χ0) is 31.5. The number of hydrogen-bond donors (Lipinski definition) is 0. The van der Waals surface area contributed by atoms with Gasteiger partial charge in [-0.3, -0.25) is 9.36 Å². The molecule has 1 atom stereocenters. The van der Waals surface area contributed by atoms with Crippen LogP contribution in [0.4, 0.5) is 0 Å². The number of carbonyl (C=O) groups excluding carboxylic acids is 1. The van der Waals surface area contributed by atoms with Crippen LogP contribution >= 0.6 is 11.3 Å². The number of fused-ring (bicyclic) bond motifs is 1. The highest BCUT2D eigenvalue weighted by Crippen LogP contribution is 2.32. The van der Waals surface area contributed by atoms with Crippen molar-refractivity contribution in [3.63, 3.8) is 0 Å². The summed E-state index contributed by atoms with van der Waals surface area (Å²) in [5.74, 6) is 0.828. The first-order chi connectivity index (χ1) is 21.9. The molecule has 10 heteroatoms. The maximum Gasteiger partial charge on any atom is 0.338 e. The van der Waals surface area contributed by atoms with Gasteiger partial charge in [-0.2, -0.15) is 5.10 Å². The lowest BCUT2D eigenvalue weighted by Crippen LogP contribution is -2.39. The molecule has 6 rings (SSSR count). The number of benzene rings is 3. The maximum atomic E-state index is 14.2. The van der Waals surface area contributed by atoms with Crippen molar-refractivity contribution in [1.82, 2.24) is 14.3 Å². The summed E-state index contributed by atoms with van der Waals surface area (Å²) in [4.78, 5) is 32.7. The first kappa shape index (κ1) is 29.6. The van der Waals surface area contributed by atoms with Gasteiger partial charge in [-0.05, 0) is 67.1 Å². The van der Waals surface area contributed by atoms with Crippen LogP contribution in [0.3, 0.4) is 0 Å². The zero-order valence-corrected chi connectivity index (χ0v) is 25.8. The van der Waals surface area contributed by atoms with E-state index in [1.807, 2.05) is 79.0 Å². The van der Waals surface area contributed by atoms with Crippen LogP contribution in [0.5, 0.6) is 11.5 Å². The summed E-state index contributed by atoms with van der Waals surface area (Å²) < 4.78 is 19.9. The van der Waals surface area contributed by atoms with E-state index in [2.05, 4.69) is 6.58 Å². The van der Waals surface area contributed by atoms with E-state index in [1.165, 1.54) is 17.4 Å². The van der Waals surface area contributed by atoms with Crippen molar-refractivity contribution < 1.29 is 19.0 Å². The van der Waals surface area contributed by atoms with Crippen LogP contribution in [0.15, 0.2) is 119 Å². The van der Waals surface area contributed by atoms with Crippen molar-refractivity contribution in [1.29, 1.82) is 0 Å². The third kappa shape index (κ3) is 5.75. The van der Waals surface area contributed by atoms with Crippen molar-refractivity contribution in [3.05, 3.63) is 140 Å². The molecule has 45 heavy (non-hydrogen) atoms. The molecule has 226 valence electrons. The first-order valence-electron chi connectivity index (χ1n) is 14.2. The number of hydrogen-bond acceptors (Lipinski definition) is 8. The minimum absolute atomic E-state index is 0.0366. The molecule has 1 aliphatic heterocycles. The van der Waals surface area contributed by atoms with Gasteiger partial charge in [-0.15, -0.1) is 0 Å². The van der Waals surface area contributed by atoms with Gasteiger partial charge in [0.15, 0.2) is 4.80 Å². The van der Waals surface area contributed by atoms with Crippen molar-refractivity contribution >= 4 is 23.4 Å². The summed E-state index contributed by atoms with van der Waals surface area (Å²) in [6.07, 6.45) is 5.23. The molecule has 9 nitrogen and oxygen atoms in total. The second kappa shape index (κ2) is 12.6. The summed E-state index contributed by atoms with van der Waals surface area (Å²) in [7, 11) is 3.20. The smallest absolute Gasteiger partial charge is 0.338 e. The van der Waals surface area contributed by atoms with Gasteiger partial charge in [0, 0.05) is 17.3 Å². The first-order valence-corrected chi connectivity index (χ1v) is 15.0. The third-order valence-electron chi connectivity index (χ3n) is 7.42. The van der Waals surface area contributed by atoms with Crippen LogP contribution in [-0.4, -0.2) is 41.1 Å². The van der Waals surface area contributed by atoms with Crippen LogP contribution < -0.4 is 24.4 Å². The van der Waals surface area contributed by atoms with Gasteiger partial charge in [0.2, 0.25) is 0 Å². The van der Waals surface area contributed by atoms with Gasteiger partial charge in [0.25, 0.3) is 5.56 Å². The van der Waals surface area contributed by atoms with E-state index in [4.69, 9.17) is 24.3 Å². The molecule has 0 aliphatic carbocycles. The fourth-order valence-corrected chi connectivity index (χ4v) is 6.25. The quantitative estimate of drug-likeness (QED) is 0.173.